The zero-order valence-corrected chi connectivity index (χ0v) is 9.86. The predicted molar refractivity (Wildman–Crippen MR) is 67.4 cm³/mol. The van der Waals surface area contributed by atoms with Gasteiger partial charge in [0, 0.05) is 0 Å². The van der Waals surface area contributed by atoms with Crippen LogP contribution >= 0.6 is 0 Å². The quantitative estimate of drug-likeness (QED) is 0.456. The lowest BCUT2D eigenvalue weighted by molar-refractivity contribution is 0.334. The zero-order chi connectivity index (χ0) is 11.5. The van der Waals surface area contributed by atoms with Crippen LogP contribution in [0.15, 0.2) is 60.6 Å². The van der Waals surface area contributed by atoms with E-state index in [1.54, 1.807) is 6.08 Å². The molecular formula is C14H20O. The van der Waals surface area contributed by atoms with Crippen LogP contribution in [0.1, 0.15) is 27.2 Å². The Morgan fingerprint density at radius 1 is 1.13 bits per heavy atom. The first-order chi connectivity index (χ1) is 7.28. The largest absolute Gasteiger partial charge is 0.458 e. The molecule has 0 aromatic heterocycles. The van der Waals surface area contributed by atoms with E-state index >= 15 is 0 Å². The molecule has 0 unspecified atom stereocenters. The lowest BCUT2D eigenvalue weighted by atomic mass is 10.3. The minimum absolute atomic E-state index is 0.797. The van der Waals surface area contributed by atoms with E-state index in [4.69, 9.17) is 4.74 Å². The van der Waals surface area contributed by atoms with E-state index in [1.807, 2.05) is 50.3 Å². The van der Waals surface area contributed by atoms with Crippen LogP contribution in [-0.4, -0.2) is 0 Å². The summed E-state index contributed by atoms with van der Waals surface area (Å²) in [5.74, 6) is 1.66. The number of hydrogen-bond donors (Lipinski definition) is 0. The molecule has 0 rings (SSSR count). The van der Waals surface area contributed by atoms with Crippen LogP contribution < -0.4 is 0 Å². The molecule has 0 saturated heterocycles. The van der Waals surface area contributed by atoms with E-state index in [1.165, 1.54) is 0 Å². The monoisotopic (exact) mass is 204 g/mol. The SMILES string of the molecule is C=C/C=C(\C=C/C)OC(/C=C\C)=C/CC. The number of hydrogen-bond acceptors (Lipinski definition) is 1. The van der Waals surface area contributed by atoms with Gasteiger partial charge in [0.2, 0.25) is 0 Å². The first-order valence-electron chi connectivity index (χ1n) is 5.24. The van der Waals surface area contributed by atoms with Crippen molar-refractivity contribution in [2.75, 3.05) is 0 Å². The molecule has 0 aromatic rings. The summed E-state index contributed by atoms with van der Waals surface area (Å²) in [7, 11) is 0. The molecule has 1 nitrogen and oxygen atoms in total. The summed E-state index contributed by atoms with van der Waals surface area (Å²) in [5.41, 5.74) is 0. The maximum atomic E-state index is 5.69. The van der Waals surface area contributed by atoms with Crippen molar-refractivity contribution >= 4 is 0 Å². The average molecular weight is 204 g/mol. The lowest BCUT2D eigenvalue weighted by Gasteiger charge is -2.06. The highest BCUT2D eigenvalue weighted by Gasteiger charge is 1.95. The van der Waals surface area contributed by atoms with Crippen molar-refractivity contribution in [1.29, 1.82) is 0 Å². The molecule has 0 heterocycles. The second-order valence-electron chi connectivity index (χ2n) is 2.92. The first kappa shape index (κ1) is 13.5. The van der Waals surface area contributed by atoms with Crippen LogP contribution in [0.3, 0.4) is 0 Å². The topological polar surface area (TPSA) is 9.23 Å². The third kappa shape index (κ3) is 6.55. The Kier molecular flexibility index (Phi) is 8.16. The summed E-state index contributed by atoms with van der Waals surface area (Å²) in [6.45, 7) is 9.67. The molecule has 0 saturated carbocycles. The zero-order valence-electron chi connectivity index (χ0n) is 9.86. The third-order valence-electron chi connectivity index (χ3n) is 1.58. The number of ether oxygens (including phenoxy) is 1. The van der Waals surface area contributed by atoms with Gasteiger partial charge in [0.1, 0.15) is 11.5 Å². The number of allylic oxidation sites excluding steroid dienone is 7. The highest BCUT2D eigenvalue weighted by molar-refractivity contribution is 5.22. The Morgan fingerprint density at radius 2 is 1.73 bits per heavy atom. The van der Waals surface area contributed by atoms with Crippen molar-refractivity contribution in [3.05, 3.63) is 60.6 Å². The molecule has 1 heteroatoms. The summed E-state index contributed by atoms with van der Waals surface area (Å²) >= 11 is 0. The lowest BCUT2D eigenvalue weighted by Crippen LogP contribution is -1.88. The molecule has 0 N–H and O–H groups in total. The van der Waals surface area contributed by atoms with Crippen molar-refractivity contribution in [1.82, 2.24) is 0 Å². The molecule has 0 atom stereocenters. The molecule has 0 aliphatic rings. The van der Waals surface area contributed by atoms with Gasteiger partial charge >= 0.3 is 0 Å². The molecule has 0 aromatic carbocycles. The highest BCUT2D eigenvalue weighted by Crippen LogP contribution is 2.10. The first-order valence-corrected chi connectivity index (χ1v) is 5.24. The van der Waals surface area contributed by atoms with E-state index in [0.717, 1.165) is 17.9 Å². The molecule has 0 fully saturated rings. The van der Waals surface area contributed by atoms with Gasteiger partial charge < -0.3 is 4.74 Å². The molecule has 15 heavy (non-hydrogen) atoms. The van der Waals surface area contributed by atoms with E-state index < -0.39 is 0 Å². The van der Waals surface area contributed by atoms with Crippen molar-refractivity contribution in [2.24, 2.45) is 0 Å². The maximum Gasteiger partial charge on any atom is 0.127 e. The summed E-state index contributed by atoms with van der Waals surface area (Å²) in [6, 6.07) is 0. The molecule has 0 aliphatic carbocycles. The molecule has 0 aliphatic heterocycles. The summed E-state index contributed by atoms with van der Waals surface area (Å²) in [5, 5.41) is 0. The fourth-order valence-corrected chi connectivity index (χ4v) is 1.05. The van der Waals surface area contributed by atoms with Crippen LogP contribution in [0.2, 0.25) is 0 Å². The Balaban J connectivity index is 4.68. The Morgan fingerprint density at radius 3 is 2.20 bits per heavy atom. The molecular weight excluding hydrogens is 184 g/mol. The van der Waals surface area contributed by atoms with E-state index in [-0.39, 0.29) is 0 Å². The smallest absolute Gasteiger partial charge is 0.127 e. The third-order valence-corrected chi connectivity index (χ3v) is 1.58. The van der Waals surface area contributed by atoms with Crippen molar-refractivity contribution in [2.45, 2.75) is 27.2 Å². The van der Waals surface area contributed by atoms with Crippen LogP contribution in [0, 0.1) is 0 Å². The normalized spacial score (nSPS) is 13.8. The fourth-order valence-electron chi connectivity index (χ4n) is 1.05. The summed E-state index contributed by atoms with van der Waals surface area (Å²) in [4.78, 5) is 0. The van der Waals surface area contributed by atoms with E-state index in [2.05, 4.69) is 13.5 Å². The van der Waals surface area contributed by atoms with Gasteiger partial charge in [0.25, 0.3) is 0 Å². The minimum Gasteiger partial charge on any atom is -0.458 e. The van der Waals surface area contributed by atoms with Crippen molar-refractivity contribution in [3.63, 3.8) is 0 Å². The van der Waals surface area contributed by atoms with Gasteiger partial charge in [-0.1, -0.05) is 31.7 Å². The second kappa shape index (κ2) is 9.07. The predicted octanol–water partition coefficient (Wildman–Crippen LogP) is 4.52. The van der Waals surface area contributed by atoms with Gasteiger partial charge in [-0.25, -0.2) is 0 Å². The molecule has 82 valence electrons. The molecule has 0 amide bonds. The Labute approximate surface area is 93.1 Å². The molecule has 0 radical (unpaired) electrons. The number of rotatable bonds is 6. The standard InChI is InChI=1S/C14H20O/c1-5-9-13(10-6-2)15-14(11-7-3)12-8-4/h5-7,9-12H,1,8H2,2-4H3/b10-6-,11-7-,13-9+,14-12+. The van der Waals surface area contributed by atoms with Gasteiger partial charge in [0.05, 0.1) is 0 Å². The van der Waals surface area contributed by atoms with Crippen LogP contribution in [0.25, 0.3) is 0 Å². The van der Waals surface area contributed by atoms with E-state index in [0.29, 0.717) is 0 Å². The van der Waals surface area contributed by atoms with Crippen LogP contribution in [0.4, 0.5) is 0 Å². The average Bonchev–Trinajstić information content (AvgIpc) is 2.19. The van der Waals surface area contributed by atoms with Crippen LogP contribution in [0.5, 0.6) is 0 Å². The maximum absolute atomic E-state index is 5.69. The van der Waals surface area contributed by atoms with Gasteiger partial charge in [-0.3, -0.25) is 0 Å². The minimum atomic E-state index is 0.797. The van der Waals surface area contributed by atoms with E-state index in [9.17, 15) is 0 Å². The van der Waals surface area contributed by atoms with Crippen LogP contribution in [-0.2, 0) is 4.74 Å². The summed E-state index contributed by atoms with van der Waals surface area (Å²) in [6.07, 6.45) is 14.3. The highest BCUT2D eigenvalue weighted by atomic mass is 16.5. The Bertz CT molecular complexity index is 290. The Hall–Kier alpha value is -1.50. The van der Waals surface area contributed by atoms with Crippen molar-refractivity contribution in [3.8, 4) is 0 Å². The van der Waals surface area contributed by atoms with Gasteiger partial charge in [-0.15, -0.1) is 0 Å². The van der Waals surface area contributed by atoms with Gasteiger partial charge in [-0.05, 0) is 44.6 Å². The van der Waals surface area contributed by atoms with Crippen molar-refractivity contribution < 1.29 is 4.74 Å². The second-order valence-corrected chi connectivity index (χ2v) is 2.92. The molecule has 0 bridgehead atoms. The molecule has 0 spiro atoms. The van der Waals surface area contributed by atoms with Gasteiger partial charge in [-0.2, -0.15) is 0 Å². The fraction of sp³-hybridized carbons (Fsp3) is 0.286. The van der Waals surface area contributed by atoms with Gasteiger partial charge in [0.15, 0.2) is 0 Å². The summed E-state index contributed by atoms with van der Waals surface area (Å²) < 4.78 is 5.69.